The molecule has 2 nitrogen and oxygen atoms in total. The van der Waals surface area contributed by atoms with Gasteiger partial charge in [-0.1, -0.05) is 20.3 Å². The molecule has 0 aliphatic heterocycles. The van der Waals surface area contributed by atoms with Gasteiger partial charge < -0.3 is 10.4 Å². The molecule has 0 aromatic carbocycles. The number of nitrogens with one attached hydrogen (secondary N) is 1. The van der Waals surface area contributed by atoms with Crippen molar-refractivity contribution in [1.29, 1.82) is 0 Å². The van der Waals surface area contributed by atoms with Crippen LogP contribution in [0.15, 0.2) is 0 Å². The van der Waals surface area contributed by atoms with Gasteiger partial charge in [0.25, 0.3) is 0 Å². The normalized spacial score (nSPS) is 40.8. The molecule has 0 saturated heterocycles. The predicted molar refractivity (Wildman–Crippen MR) is 62.7 cm³/mol. The Morgan fingerprint density at radius 3 is 2.53 bits per heavy atom. The van der Waals surface area contributed by atoms with Crippen LogP contribution in [0.3, 0.4) is 0 Å². The molecule has 2 aliphatic carbocycles. The Morgan fingerprint density at radius 2 is 2.00 bits per heavy atom. The summed E-state index contributed by atoms with van der Waals surface area (Å²) in [5.74, 6) is 2.32. The van der Waals surface area contributed by atoms with Gasteiger partial charge in [-0.25, -0.2) is 0 Å². The third-order valence-corrected chi connectivity index (χ3v) is 4.41. The number of rotatable bonds is 4. The number of aliphatic hydroxyl groups excluding tert-OH is 1. The topological polar surface area (TPSA) is 32.3 Å². The molecule has 0 aromatic heterocycles. The van der Waals surface area contributed by atoms with Crippen molar-refractivity contribution in [1.82, 2.24) is 5.32 Å². The third-order valence-electron chi connectivity index (χ3n) is 4.41. The van der Waals surface area contributed by atoms with Gasteiger partial charge in [0.1, 0.15) is 0 Å². The minimum absolute atomic E-state index is 0.0292. The van der Waals surface area contributed by atoms with Crippen LogP contribution in [-0.2, 0) is 0 Å². The molecular formula is C13H25NO. The Hall–Kier alpha value is -0.0800. The largest absolute Gasteiger partial charge is 0.393 e. The van der Waals surface area contributed by atoms with Crippen molar-refractivity contribution in [2.24, 2.45) is 17.8 Å². The molecule has 2 saturated carbocycles. The van der Waals surface area contributed by atoms with E-state index in [2.05, 4.69) is 19.2 Å². The molecule has 0 heterocycles. The lowest BCUT2D eigenvalue weighted by Crippen LogP contribution is -2.45. The first-order valence-corrected chi connectivity index (χ1v) is 6.58. The van der Waals surface area contributed by atoms with Crippen LogP contribution in [0.1, 0.15) is 46.0 Å². The predicted octanol–water partition coefficient (Wildman–Crippen LogP) is 2.17. The SMILES string of the molecule is CC(C)C1CC(NCC2CCCC2O)C1. The molecule has 2 N–H and O–H groups in total. The van der Waals surface area contributed by atoms with Gasteiger partial charge >= 0.3 is 0 Å². The van der Waals surface area contributed by atoms with Crippen molar-refractivity contribution in [3.63, 3.8) is 0 Å². The zero-order valence-corrected chi connectivity index (χ0v) is 10.1. The zero-order valence-electron chi connectivity index (χ0n) is 10.1. The van der Waals surface area contributed by atoms with Crippen LogP contribution in [0.25, 0.3) is 0 Å². The molecule has 88 valence electrons. The van der Waals surface area contributed by atoms with Crippen molar-refractivity contribution in [2.75, 3.05) is 6.54 Å². The van der Waals surface area contributed by atoms with Gasteiger partial charge in [0.2, 0.25) is 0 Å². The number of aliphatic hydroxyl groups is 1. The van der Waals surface area contributed by atoms with Gasteiger partial charge in [0.15, 0.2) is 0 Å². The summed E-state index contributed by atoms with van der Waals surface area (Å²) >= 11 is 0. The van der Waals surface area contributed by atoms with Crippen LogP contribution in [0.2, 0.25) is 0 Å². The summed E-state index contributed by atoms with van der Waals surface area (Å²) in [6.45, 7) is 5.68. The van der Waals surface area contributed by atoms with E-state index in [1.165, 1.54) is 25.7 Å². The van der Waals surface area contributed by atoms with Crippen LogP contribution in [-0.4, -0.2) is 23.8 Å². The maximum atomic E-state index is 9.69. The molecule has 0 radical (unpaired) electrons. The standard InChI is InChI=1S/C13H25NO/c1-9(2)11-6-12(7-11)14-8-10-4-3-5-13(10)15/h9-15H,3-8H2,1-2H3. The molecule has 2 aliphatic rings. The third kappa shape index (κ3) is 2.73. The lowest BCUT2D eigenvalue weighted by atomic mass is 9.73. The van der Waals surface area contributed by atoms with E-state index in [4.69, 9.17) is 0 Å². The number of hydrogen-bond donors (Lipinski definition) is 2. The minimum atomic E-state index is -0.0292. The Kier molecular flexibility index (Phi) is 3.68. The lowest BCUT2D eigenvalue weighted by molar-refractivity contribution is 0.115. The molecule has 0 bridgehead atoms. The summed E-state index contributed by atoms with van der Waals surface area (Å²) in [6.07, 6.45) is 6.12. The molecular weight excluding hydrogens is 186 g/mol. The molecule has 0 aromatic rings. The van der Waals surface area contributed by atoms with E-state index in [0.29, 0.717) is 5.92 Å². The van der Waals surface area contributed by atoms with Crippen molar-refractivity contribution in [3.8, 4) is 0 Å². The van der Waals surface area contributed by atoms with E-state index in [0.717, 1.165) is 30.8 Å². The lowest BCUT2D eigenvalue weighted by Gasteiger charge is -2.39. The molecule has 0 amide bonds. The first-order valence-electron chi connectivity index (χ1n) is 6.58. The first-order chi connectivity index (χ1) is 7.16. The molecule has 2 rings (SSSR count). The van der Waals surface area contributed by atoms with Crippen LogP contribution >= 0.6 is 0 Å². The molecule has 2 atom stereocenters. The van der Waals surface area contributed by atoms with Gasteiger partial charge in [0, 0.05) is 12.6 Å². The fourth-order valence-corrected chi connectivity index (χ4v) is 2.95. The van der Waals surface area contributed by atoms with Crippen LogP contribution in [0, 0.1) is 17.8 Å². The van der Waals surface area contributed by atoms with E-state index in [9.17, 15) is 5.11 Å². The van der Waals surface area contributed by atoms with Crippen molar-refractivity contribution in [2.45, 2.75) is 58.1 Å². The van der Waals surface area contributed by atoms with Gasteiger partial charge in [0.05, 0.1) is 6.10 Å². The van der Waals surface area contributed by atoms with Gasteiger partial charge in [-0.05, 0) is 43.4 Å². The van der Waals surface area contributed by atoms with E-state index in [1.54, 1.807) is 0 Å². The van der Waals surface area contributed by atoms with Crippen LogP contribution in [0.4, 0.5) is 0 Å². The van der Waals surface area contributed by atoms with Crippen molar-refractivity contribution in [3.05, 3.63) is 0 Å². The summed E-state index contributed by atoms with van der Waals surface area (Å²) in [4.78, 5) is 0. The zero-order chi connectivity index (χ0) is 10.8. The fraction of sp³-hybridized carbons (Fsp3) is 1.00. The molecule has 2 fully saturated rings. The molecule has 15 heavy (non-hydrogen) atoms. The van der Waals surface area contributed by atoms with Crippen molar-refractivity contribution >= 4 is 0 Å². The van der Waals surface area contributed by atoms with Crippen molar-refractivity contribution < 1.29 is 5.11 Å². The second-order valence-electron chi connectivity index (χ2n) is 5.84. The summed E-state index contributed by atoms with van der Waals surface area (Å²) in [7, 11) is 0. The highest BCUT2D eigenvalue weighted by Crippen LogP contribution is 2.34. The highest BCUT2D eigenvalue weighted by molar-refractivity contribution is 4.88. The smallest absolute Gasteiger partial charge is 0.0580 e. The average molecular weight is 211 g/mol. The van der Waals surface area contributed by atoms with E-state index in [-0.39, 0.29) is 6.10 Å². The second-order valence-corrected chi connectivity index (χ2v) is 5.84. The molecule has 2 unspecified atom stereocenters. The maximum Gasteiger partial charge on any atom is 0.0580 e. The molecule has 2 heteroatoms. The quantitative estimate of drug-likeness (QED) is 0.747. The summed E-state index contributed by atoms with van der Waals surface area (Å²) in [5, 5.41) is 13.3. The fourth-order valence-electron chi connectivity index (χ4n) is 2.95. The minimum Gasteiger partial charge on any atom is -0.393 e. The molecule has 0 spiro atoms. The monoisotopic (exact) mass is 211 g/mol. The van der Waals surface area contributed by atoms with Gasteiger partial charge in [-0.15, -0.1) is 0 Å². The number of hydrogen-bond acceptors (Lipinski definition) is 2. The second kappa shape index (κ2) is 4.84. The van der Waals surface area contributed by atoms with Crippen LogP contribution < -0.4 is 5.32 Å². The highest BCUT2D eigenvalue weighted by atomic mass is 16.3. The van der Waals surface area contributed by atoms with E-state index >= 15 is 0 Å². The Balaban J connectivity index is 1.60. The Labute approximate surface area is 93.5 Å². The average Bonchev–Trinajstić information content (AvgIpc) is 2.48. The Morgan fingerprint density at radius 1 is 1.27 bits per heavy atom. The Bertz CT molecular complexity index is 199. The van der Waals surface area contributed by atoms with E-state index in [1.807, 2.05) is 0 Å². The van der Waals surface area contributed by atoms with Crippen LogP contribution in [0.5, 0.6) is 0 Å². The summed E-state index contributed by atoms with van der Waals surface area (Å²) in [5.41, 5.74) is 0. The highest BCUT2D eigenvalue weighted by Gasteiger charge is 2.32. The van der Waals surface area contributed by atoms with Gasteiger partial charge in [-0.2, -0.15) is 0 Å². The van der Waals surface area contributed by atoms with E-state index < -0.39 is 0 Å². The summed E-state index contributed by atoms with van der Waals surface area (Å²) in [6, 6.07) is 0.741. The maximum absolute atomic E-state index is 9.69. The summed E-state index contributed by atoms with van der Waals surface area (Å²) < 4.78 is 0. The van der Waals surface area contributed by atoms with Gasteiger partial charge in [-0.3, -0.25) is 0 Å². The first kappa shape index (κ1) is 11.4.